The Morgan fingerprint density at radius 3 is 2.34 bits per heavy atom. The SMILES string of the molecule is Cc1ccc(S(=O)(=O)NCC2CCN(C(=O)Nc3ccc(F)cc3)CC2)cc1C. The summed E-state index contributed by atoms with van der Waals surface area (Å²) in [7, 11) is -3.55. The van der Waals surface area contributed by atoms with Gasteiger partial charge in [0.1, 0.15) is 5.82 Å². The lowest BCUT2D eigenvalue weighted by Gasteiger charge is -2.32. The number of amides is 2. The number of sulfonamides is 1. The lowest BCUT2D eigenvalue weighted by atomic mass is 9.97. The molecule has 0 spiro atoms. The van der Waals surface area contributed by atoms with Crippen LogP contribution in [0.5, 0.6) is 0 Å². The van der Waals surface area contributed by atoms with E-state index in [2.05, 4.69) is 10.0 Å². The molecular formula is C21H26FN3O3S. The normalized spacial score (nSPS) is 15.3. The van der Waals surface area contributed by atoms with Gasteiger partial charge in [0.25, 0.3) is 0 Å². The topological polar surface area (TPSA) is 78.5 Å². The van der Waals surface area contributed by atoms with E-state index in [0.29, 0.717) is 38.2 Å². The molecule has 6 nitrogen and oxygen atoms in total. The molecule has 1 saturated heterocycles. The molecule has 1 aliphatic rings. The minimum atomic E-state index is -3.55. The highest BCUT2D eigenvalue weighted by Crippen LogP contribution is 2.20. The molecule has 0 radical (unpaired) electrons. The second-order valence-corrected chi connectivity index (χ2v) is 9.23. The van der Waals surface area contributed by atoms with Crippen molar-refractivity contribution >= 4 is 21.7 Å². The Bertz CT molecular complexity index is 969. The van der Waals surface area contributed by atoms with Crippen molar-refractivity contribution in [3.63, 3.8) is 0 Å². The number of halogens is 1. The lowest BCUT2D eigenvalue weighted by Crippen LogP contribution is -2.43. The number of hydrogen-bond acceptors (Lipinski definition) is 3. The van der Waals surface area contributed by atoms with Crippen LogP contribution in [0.15, 0.2) is 47.4 Å². The van der Waals surface area contributed by atoms with Crippen LogP contribution < -0.4 is 10.0 Å². The zero-order valence-electron chi connectivity index (χ0n) is 16.6. The van der Waals surface area contributed by atoms with Gasteiger partial charge in [-0.2, -0.15) is 0 Å². The van der Waals surface area contributed by atoms with Gasteiger partial charge in [0, 0.05) is 25.3 Å². The summed E-state index contributed by atoms with van der Waals surface area (Å²) in [6.07, 6.45) is 1.43. The monoisotopic (exact) mass is 419 g/mol. The van der Waals surface area contributed by atoms with Crippen molar-refractivity contribution in [3.05, 3.63) is 59.4 Å². The molecule has 0 aliphatic carbocycles. The average Bonchev–Trinajstić information content (AvgIpc) is 2.70. The van der Waals surface area contributed by atoms with Crippen LogP contribution >= 0.6 is 0 Å². The molecule has 2 aromatic rings. The second-order valence-electron chi connectivity index (χ2n) is 7.47. The van der Waals surface area contributed by atoms with Crippen molar-refractivity contribution in [2.75, 3.05) is 25.0 Å². The predicted octanol–water partition coefficient (Wildman–Crippen LogP) is 3.66. The third kappa shape index (κ3) is 5.55. The smallest absolute Gasteiger partial charge is 0.321 e. The van der Waals surface area contributed by atoms with Gasteiger partial charge in [0.15, 0.2) is 0 Å². The van der Waals surface area contributed by atoms with E-state index in [1.807, 2.05) is 19.9 Å². The second kappa shape index (κ2) is 8.92. The van der Waals surface area contributed by atoms with Gasteiger partial charge in [-0.05, 0) is 80.1 Å². The first-order valence-electron chi connectivity index (χ1n) is 9.63. The minimum Gasteiger partial charge on any atom is -0.325 e. The van der Waals surface area contributed by atoms with Gasteiger partial charge in [-0.1, -0.05) is 6.07 Å². The lowest BCUT2D eigenvalue weighted by molar-refractivity contribution is 0.183. The van der Waals surface area contributed by atoms with E-state index < -0.39 is 10.0 Å². The zero-order valence-corrected chi connectivity index (χ0v) is 17.4. The Kier molecular flexibility index (Phi) is 6.54. The summed E-state index contributed by atoms with van der Waals surface area (Å²) >= 11 is 0. The number of benzene rings is 2. The molecule has 0 saturated carbocycles. The summed E-state index contributed by atoms with van der Waals surface area (Å²) < 4.78 is 40.7. The third-order valence-corrected chi connectivity index (χ3v) is 6.77. The van der Waals surface area contributed by atoms with Gasteiger partial charge in [-0.3, -0.25) is 0 Å². The molecule has 0 bridgehead atoms. The number of nitrogens with one attached hydrogen (secondary N) is 2. The van der Waals surface area contributed by atoms with Gasteiger partial charge < -0.3 is 10.2 Å². The van der Waals surface area contributed by atoms with E-state index in [4.69, 9.17) is 0 Å². The molecule has 1 aliphatic heterocycles. The molecule has 0 atom stereocenters. The van der Waals surface area contributed by atoms with Crippen LogP contribution in [0, 0.1) is 25.6 Å². The van der Waals surface area contributed by atoms with E-state index in [-0.39, 0.29) is 22.7 Å². The maximum Gasteiger partial charge on any atom is 0.321 e. The Balaban J connectivity index is 1.48. The largest absolute Gasteiger partial charge is 0.325 e. The molecule has 8 heteroatoms. The molecule has 29 heavy (non-hydrogen) atoms. The van der Waals surface area contributed by atoms with Gasteiger partial charge in [-0.15, -0.1) is 0 Å². The van der Waals surface area contributed by atoms with Crippen LogP contribution in [0.2, 0.25) is 0 Å². The summed E-state index contributed by atoms with van der Waals surface area (Å²) in [5.41, 5.74) is 2.53. The number of aryl methyl sites for hydroxylation is 2. The summed E-state index contributed by atoms with van der Waals surface area (Å²) in [5.74, 6) is -0.182. The number of rotatable bonds is 5. The Labute approximate surface area is 171 Å². The van der Waals surface area contributed by atoms with Gasteiger partial charge in [0.05, 0.1) is 4.90 Å². The highest BCUT2D eigenvalue weighted by atomic mass is 32.2. The third-order valence-electron chi connectivity index (χ3n) is 5.35. The van der Waals surface area contributed by atoms with Crippen molar-refractivity contribution in [1.82, 2.24) is 9.62 Å². The molecule has 0 unspecified atom stereocenters. The van der Waals surface area contributed by atoms with E-state index in [0.717, 1.165) is 11.1 Å². The number of urea groups is 1. The number of hydrogen-bond donors (Lipinski definition) is 2. The van der Waals surface area contributed by atoms with Crippen molar-refractivity contribution in [1.29, 1.82) is 0 Å². The Morgan fingerprint density at radius 1 is 1.07 bits per heavy atom. The van der Waals surface area contributed by atoms with Crippen LogP contribution in [-0.2, 0) is 10.0 Å². The molecule has 1 heterocycles. The molecule has 1 fully saturated rings. The first-order valence-corrected chi connectivity index (χ1v) is 11.1. The first kappa shape index (κ1) is 21.3. The van der Waals surface area contributed by atoms with E-state index in [1.165, 1.54) is 24.3 Å². The van der Waals surface area contributed by atoms with Crippen LogP contribution in [-0.4, -0.2) is 39.0 Å². The zero-order chi connectivity index (χ0) is 21.0. The van der Waals surface area contributed by atoms with Crippen molar-refractivity contribution in [3.8, 4) is 0 Å². The molecule has 156 valence electrons. The summed E-state index contributed by atoms with van der Waals surface area (Å²) in [5, 5.41) is 2.75. The van der Waals surface area contributed by atoms with Gasteiger partial charge in [-0.25, -0.2) is 22.3 Å². The van der Waals surface area contributed by atoms with Crippen LogP contribution in [0.25, 0.3) is 0 Å². The number of carbonyl (C=O) groups is 1. The fraction of sp³-hybridized carbons (Fsp3) is 0.381. The predicted molar refractivity (Wildman–Crippen MR) is 111 cm³/mol. The van der Waals surface area contributed by atoms with Crippen molar-refractivity contribution in [2.24, 2.45) is 5.92 Å². The van der Waals surface area contributed by atoms with Crippen LogP contribution in [0.3, 0.4) is 0 Å². The molecular weight excluding hydrogens is 393 g/mol. The maximum atomic E-state index is 13.0. The average molecular weight is 420 g/mol. The molecule has 0 aromatic heterocycles. The Morgan fingerprint density at radius 2 is 1.72 bits per heavy atom. The number of likely N-dealkylation sites (tertiary alicyclic amines) is 1. The van der Waals surface area contributed by atoms with Crippen LogP contribution in [0.4, 0.5) is 14.9 Å². The van der Waals surface area contributed by atoms with E-state index in [9.17, 15) is 17.6 Å². The number of anilines is 1. The molecule has 2 N–H and O–H groups in total. The molecule has 2 aromatic carbocycles. The first-order chi connectivity index (χ1) is 13.7. The summed E-state index contributed by atoms with van der Waals surface area (Å²) in [4.78, 5) is 14.3. The maximum absolute atomic E-state index is 13.0. The van der Waals surface area contributed by atoms with Crippen molar-refractivity contribution < 1.29 is 17.6 Å². The molecule has 2 amide bonds. The quantitative estimate of drug-likeness (QED) is 0.776. The van der Waals surface area contributed by atoms with Crippen LogP contribution in [0.1, 0.15) is 24.0 Å². The highest BCUT2D eigenvalue weighted by molar-refractivity contribution is 7.89. The van der Waals surface area contributed by atoms with Crippen molar-refractivity contribution in [2.45, 2.75) is 31.6 Å². The number of nitrogens with zero attached hydrogens (tertiary/aromatic N) is 1. The fourth-order valence-electron chi connectivity index (χ4n) is 3.27. The van der Waals surface area contributed by atoms with Gasteiger partial charge >= 0.3 is 6.03 Å². The van der Waals surface area contributed by atoms with E-state index in [1.54, 1.807) is 17.0 Å². The van der Waals surface area contributed by atoms with E-state index >= 15 is 0 Å². The number of piperidine rings is 1. The summed E-state index contributed by atoms with van der Waals surface area (Å²) in [6, 6.07) is 10.5. The number of carbonyl (C=O) groups excluding carboxylic acids is 1. The minimum absolute atomic E-state index is 0.172. The van der Waals surface area contributed by atoms with Gasteiger partial charge in [0.2, 0.25) is 10.0 Å². The molecule has 3 rings (SSSR count). The highest BCUT2D eigenvalue weighted by Gasteiger charge is 2.24. The Hall–Kier alpha value is -2.45. The summed E-state index contributed by atoms with van der Waals surface area (Å²) in [6.45, 7) is 5.27. The fourth-order valence-corrected chi connectivity index (χ4v) is 4.47. The standard InChI is InChI=1S/C21H26FN3O3S/c1-15-3-8-20(13-16(15)2)29(27,28)23-14-17-9-11-25(12-10-17)21(26)24-19-6-4-18(22)5-7-19/h3-8,13,17,23H,9-12,14H2,1-2H3,(H,24,26).